The minimum Gasteiger partial charge on any atom is -0.480 e. The molecule has 1 fully saturated rings. The molecule has 1 heterocycles. The Balaban J connectivity index is 1.97. The molecule has 0 spiro atoms. The molecule has 0 amide bonds. The molecule has 0 aliphatic heterocycles. The number of aliphatic carboxylic acids is 1. The van der Waals surface area contributed by atoms with Crippen molar-refractivity contribution in [2.75, 3.05) is 0 Å². The molecule has 1 aliphatic rings. The lowest BCUT2D eigenvalue weighted by Crippen LogP contribution is -2.41. The van der Waals surface area contributed by atoms with Crippen molar-refractivity contribution in [1.29, 1.82) is 0 Å². The van der Waals surface area contributed by atoms with Crippen molar-refractivity contribution in [3.8, 4) is 0 Å². The fraction of sp³-hybridized carbons (Fsp3) is 0.308. The molecule has 0 atom stereocenters. The number of hydrogen-bond donors (Lipinski definition) is 1. The quantitative estimate of drug-likeness (QED) is 0.902. The molecule has 88 valence electrons. The zero-order valence-corrected chi connectivity index (χ0v) is 10.00. The van der Waals surface area contributed by atoms with E-state index in [9.17, 15) is 9.90 Å². The lowest BCUT2D eigenvalue weighted by Gasteiger charge is -2.36. The van der Waals surface area contributed by atoms with Crippen LogP contribution in [0.15, 0.2) is 39.8 Å². The van der Waals surface area contributed by atoms with Gasteiger partial charge in [0, 0.05) is 5.39 Å². The van der Waals surface area contributed by atoms with Gasteiger partial charge in [0.25, 0.3) is 0 Å². The SMILES string of the molecule is O=C(O)C1(Sc2coc3ccccc23)CCC1. The molecule has 3 rings (SSSR count). The van der Waals surface area contributed by atoms with Gasteiger partial charge in [-0.15, -0.1) is 11.8 Å². The van der Waals surface area contributed by atoms with Gasteiger partial charge in [0.1, 0.15) is 16.6 Å². The summed E-state index contributed by atoms with van der Waals surface area (Å²) in [5, 5.41) is 10.3. The predicted molar refractivity (Wildman–Crippen MR) is 66.3 cm³/mol. The van der Waals surface area contributed by atoms with Gasteiger partial charge < -0.3 is 9.52 Å². The monoisotopic (exact) mass is 248 g/mol. The van der Waals surface area contributed by atoms with Gasteiger partial charge in [-0.25, -0.2) is 0 Å². The molecule has 4 heteroatoms. The van der Waals surface area contributed by atoms with Crippen LogP contribution in [0.25, 0.3) is 11.0 Å². The fourth-order valence-corrected chi connectivity index (χ4v) is 3.48. The minimum atomic E-state index is -0.709. The van der Waals surface area contributed by atoms with E-state index in [0.717, 1.165) is 35.1 Å². The number of carboxylic acids is 1. The van der Waals surface area contributed by atoms with Crippen LogP contribution < -0.4 is 0 Å². The van der Waals surface area contributed by atoms with E-state index in [1.165, 1.54) is 11.8 Å². The lowest BCUT2D eigenvalue weighted by atomic mass is 9.84. The number of thioether (sulfide) groups is 1. The first-order chi connectivity index (χ1) is 8.21. The first-order valence-electron chi connectivity index (χ1n) is 5.60. The molecule has 3 nitrogen and oxygen atoms in total. The summed E-state index contributed by atoms with van der Waals surface area (Å²) in [5.41, 5.74) is 0.815. The zero-order valence-electron chi connectivity index (χ0n) is 9.18. The molecule has 1 saturated carbocycles. The van der Waals surface area contributed by atoms with Crippen LogP contribution in [0.5, 0.6) is 0 Å². The third-order valence-corrected chi connectivity index (χ3v) is 4.81. The maximum Gasteiger partial charge on any atom is 0.320 e. The zero-order chi connectivity index (χ0) is 11.9. The minimum absolute atomic E-state index is 0.632. The number of benzene rings is 1. The normalized spacial score (nSPS) is 17.9. The Morgan fingerprint density at radius 2 is 2.12 bits per heavy atom. The van der Waals surface area contributed by atoms with Gasteiger partial charge in [-0.2, -0.15) is 0 Å². The van der Waals surface area contributed by atoms with Gasteiger partial charge in [0.05, 0.1) is 4.90 Å². The number of carbonyl (C=O) groups is 1. The Morgan fingerprint density at radius 3 is 2.76 bits per heavy atom. The first kappa shape index (κ1) is 10.7. The summed E-state index contributed by atoms with van der Waals surface area (Å²) in [6.45, 7) is 0. The Bertz CT molecular complexity index is 569. The van der Waals surface area contributed by atoms with Gasteiger partial charge in [0.2, 0.25) is 0 Å². The van der Waals surface area contributed by atoms with Crippen LogP contribution >= 0.6 is 11.8 Å². The highest BCUT2D eigenvalue weighted by molar-refractivity contribution is 8.01. The van der Waals surface area contributed by atoms with Crippen molar-refractivity contribution in [2.45, 2.75) is 28.9 Å². The van der Waals surface area contributed by atoms with Crippen molar-refractivity contribution in [3.05, 3.63) is 30.5 Å². The van der Waals surface area contributed by atoms with E-state index >= 15 is 0 Å². The highest BCUT2D eigenvalue weighted by Gasteiger charge is 2.45. The topological polar surface area (TPSA) is 50.4 Å². The van der Waals surface area contributed by atoms with E-state index in [2.05, 4.69) is 0 Å². The highest BCUT2D eigenvalue weighted by atomic mass is 32.2. The lowest BCUT2D eigenvalue weighted by molar-refractivity contribution is -0.142. The van der Waals surface area contributed by atoms with Gasteiger partial charge in [-0.3, -0.25) is 4.79 Å². The first-order valence-corrected chi connectivity index (χ1v) is 6.42. The van der Waals surface area contributed by atoms with Gasteiger partial charge in [0.15, 0.2) is 0 Å². The summed E-state index contributed by atoms with van der Waals surface area (Å²) in [5.74, 6) is -0.709. The van der Waals surface area contributed by atoms with E-state index in [-0.39, 0.29) is 0 Å². The Labute approximate surface area is 103 Å². The van der Waals surface area contributed by atoms with Crippen molar-refractivity contribution >= 4 is 28.7 Å². The Kier molecular flexibility index (Phi) is 2.40. The number of hydrogen-bond acceptors (Lipinski definition) is 3. The van der Waals surface area contributed by atoms with E-state index in [0.29, 0.717) is 0 Å². The molecule has 0 saturated heterocycles. The molecule has 2 aromatic rings. The largest absolute Gasteiger partial charge is 0.480 e. The highest BCUT2D eigenvalue weighted by Crippen LogP contribution is 2.49. The molecule has 1 aromatic carbocycles. The standard InChI is InChI=1S/C13H12O3S/c14-12(15)13(6-3-7-13)17-11-8-16-10-5-2-1-4-9(10)11/h1-2,4-5,8H,3,6-7H2,(H,14,15). The second-order valence-corrected chi connectivity index (χ2v) is 5.78. The molecule has 1 N–H and O–H groups in total. The summed E-state index contributed by atoms with van der Waals surface area (Å²) in [7, 11) is 0. The van der Waals surface area contributed by atoms with Crippen LogP contribution in [0.4, 0.5) is 0 Å². The third kappa shape index (κ3) is 1.63. The van der Waals surface area contributed by atoms with E-state index in [4.69, 9.17) is 4.42 Å². The van der Waals surface area contributed by atoms with Crippen molar-refractivity contribution in [1.82, 2.24) is 0 Å². The molecule has 0 bridgehead atoms. The van der Waals surface area contributed by atoms with Crippen molar-refractivity contribution in [2.24, 2.45) is 0 Å². The molecule has 1 aromatic heterocycles. The van der Waals surface area contributed by atoms with E-state index in [1.807, 2.05) is 24.3 Å². The maximum absolute atomic E-state index is 11.3. The molecular weight excluding hydrogens is 236 g/mol. The molecule has 17 heavy (non-hydrogen) atoms. The second-order valence-electron chi connectivity index (χ2n) is 4.35. The summed E-state index contributed by atoms with van der Waals surface area (Å²) in [4.78, 5) is 12.2. The van der Waals surface area contributed by atoms with Gasteiger partial charge in [-0.05, 0) is 31.4 Å². The average molecular weight is 248 g/mol. The van der Waals surface area contributed by atoms with Crippen molar-refractivity contribution in [3.63, 3.8) is 0 Å². The summed E-state index contributed by atoms with van der Waals surface area (Å²) < 4.78 is 4.80. The van der Waals surface area contributed by atoms with Crippen LogP contribution in [0.2, 0.25) is 0 Å². The molecule has 0 unspecified atom stereocenters. The van der Waals surface area contributed by atoms with Crippen LogP contribution in [0.3, 0.4) is 0 Å². The number of fused-ring (bicyclic) bond motifs is 1. The van der Waals surface area contributed by atoms with Crippen LogP contribution in [0, 0.1) is 0 Å². The molecular formula is C13H12O3S. The molecule has 0 radical (unpaired) electrons. The van der Waals surface area contributed by atoms with Crippen molar-refractivity contribution < 1.29 is 14.3 Å². The number of rotatable bonds is 3. The smallest absolute Gasteiger partial charge is 0.320 e. The molecule has 1 aliphatic carbocycles. The van der Waals surface area contributed by atoms with Crippen LogP contribution in [-0.2, 0) is 4.79 Å². The van der Waals surface area contributed by atoms with E-state index in [1.54, 1.807) is 6.26 Å². The predicted octanol–water partition coefficient (Wildman–Crippen LogP) is 3.53. The third-order valence-electron chi connectivity index (χ3n) is 3.30. The van der Waals surface area contributed by atoms with Gasteiger partial charge in [-0.1, -0.05) is 12.1 Å². The summed E-state index contributed by atoms with van der Waals surface area (Å²) >= 11 is 1.43. The summed E-state index contributed by atoms with van der Waals surface area (Å²) in [6.07, 6.45) is 4.15. The number of carboxylic acid groups (broad SMARTS) is 1. The van der Waals surface area contributed by atoms with Crippen LogP contribution in [-0.4, -0.2) is 15.8 Å². The Hall–Kier alpha value is -1.42. The fourth-order valence-electron chi connectivity index (χ4n) is 2.10. The maximum atomic E-state index is 11.3. The van der Waals surface area contributed by atoms with Gasteiger partial charge >= 0.3 is 5.97 Å². The summed E-state index contributed by atoms with van der Waals surface area (Å²) in [6, 6.07) is 7.72. The Morgan fingerprint density at radius 1 is 1.35 bits per heavy atom. The number of furan rings is 1. The second kappa shape index (κ2) is 3.81. The van der Waals surface area contributed by atoms with Crippen LogP contribution in [0.1, 0.15) is 19.3 Å². The van der Waals surface area contributed by atoms with E-state index < -0.39 is 10.7 Å². The average Bonchev–Trinajstić information content (AvgIpc) is 2.66. The number of para-hydroxylation sites is 1.